The molecule has 0 unspecified atom stereocenters. The van der Waals surface area contributed by atoms with Crippen LogP contribution in [0.2, 0.25) is 0 Å². The third kappa shape index (κ3) is 4.28. The number of ether oxygens (including phenoxy) is 1. The molecule has 1 aliphatic heterocycles. The van der Waals surface area contributed by atoms with Crippen LogP contribution in [0.3, 0.4) is 0 Å². The summed E-state index contributed by atoms with van der Waals surface area (Å²) in [4.78, 5) is 21.5. The number of piperazine rings is 1. The summed E-state index contributed by atoms with van der Waals surface area (Å²) in [5.74, 6) is 1.63. The maximum atomic E-state index is 12.7. The van der Waals surface area contributed by atoms with Crippen LogP contribution in [0, 0.1) is 6.92 Å². The van der Waals surface area contributed by atoms with Crippen LogP contribution in [-0.2, 0) is 0 Å². The first-order valence-electron chi connectivity index (χ1n) is 9.87. The quantitative estimate of drug-likeness (QED) is 0.696. The Labute approximate surface area is 175 Å². The van der Waals surface area contributed by atoms with Gasteiger partial charge in [0.15, 0.2) is 0 Å². The molecule has 1 amide bonds. The Morgan fingerprint density at radius 1 is 1.10 bits per heavy atom. The highest BCUT2D eigenvalue weighted by Gasteiger charge is 2.19. The van der Waals surface area contributed by atoms with Gasteiger partial charge >= 0.3 is 0 Å². The molecule has 4 rings (SSSR count). The molecule has 0 saturated carbocycles. The van der Waals surface area contributed by atoms with Crippen molar-refractivity contribution in [1.82, 2.24) is 15.0 Å². The van der Waals surface area contributed by atoms with Crippen molar-refractivity contribution < 1.29 is 14.1 Å². The van der Waals surface area contributed by atoms with Crippen molar-refractivity contribution in [2.24, 2.45) is 0 Å². The van der Waals surface area contributed by atoms with E-state index in [4.69, 9.17) is 9.26 Å². The molecular formula is C22H25N5O3. The molecule has 0 radical (unpaired) electrons. The molecule has 8 nitrogen and oxygen atoms in total. The van der Waals surface area contributed by atoms with Crippen LogP contribution < -0.4 is 15.0 Å². The first-order chi connectivity index (χ1) is 14.5. The van der Waals surface area contributed by atoms with Crippen molar-refractivity contribution in [2.45, 2.75) is 6.92 Å². The zero-order chi connectivity index (χ0) is 21.1. The number of methoxy groups -OCH3 is 1. The van der Waals surface area contributed by atoms with Crippen molar-refractivity contribution in [3.63, 3.8) is 0 Å². The van der Waals surface area contributed by atoms with Crippen LogP contribution in [0.5, 0.6) is 5.75 Å². The lowest BCUT2D eigenvalue weighted by Gasteiger charge is -2.34. The molecule has 0 spiro atoms. The predicted molar refractivity (Wildman–Crippen MR) is 115 cm³/mol. The number of aryl methyl sites for hydroxylation is 1. The van der Waals surface area contributed by atoms with E-state index in [0.717, 1.165) is 48.9 Å². The van der Waals surface area contributed by atoms with Gasteiger partial charge in [0.25, 0.3) is 5.91 Å². The maximum absolute atomic E-state index is 12.7. The molecule has 0 bridgehead atoms. The number of carbonyl (C=O) groups is 1. The van der Waals surface area contributed by atoms with E-state index in [1.54, 1.807) is 26.2 Å². The Hall–Kier alpha value is -3.39. The van der Waals surface area contributed by atoms with Gasteiger partial charge in [0.1, 0.15) is 5.75 Å². The number of likely N-dealkylation sites (N-methyl/N-ethyl adjacent to an activating group) is 1. The minimum absolute atomic E-state index is 0.180. The number of nitrogens with one attached hydrogen (secondary N) is 1. The van der Waals surface area contributed by atoms with E-state index in [-0.39, 0.29) is 5.91 Å². The van der Waals surface area contributed by atoms with E-state index in [1.165, 1.54) is 0 Å². The van der Waals surface area contributed by atoms with E-state index in [9.17, 15) is 4.79 Å². The number of rotatable bonds is 5. The first kappa shape index (κ1) is 19.9. The molecule has 8 heteroatoms. The Morgan fingerprint density at radius 2 is 1.83 bits per heavy atom. The number of aromatic nitrogens is 2. The molecule has 1 N–H and O–H groups in total. The van der Waals surface area contributed by atoms with Crippen molar-refractivity contribution in [3.8, 4) is 17.1 Å². The van der Waals surface area contributed by atoms with Crippen LogP contribution in [0.1, 0.15) is 16.2 Å². The zero-order valence-corrected chi connectivity index (χ0v) is 17.4. The lowest BCUT2D eigenvalue weighted by molar-refractivity contribution is 0.102. The molecule has 1 aliphatic rings. The highest BCUT2D eigenvalue weighted by atomic mass is 16.5. The van der Waals surface area contributed by atoms with Gasteiger partial charge in [0, 0.05) is 49.9 Å². The third-order valence-electron chi connectivity index (χ3n) is 5.21. The maximum Gasteiger partial charge on any atom is 0.255 e. The van der Waals surface area contributed by atoms with Gasteiger partial charge < -0.3 is 24.4 Å². The lowest BCUT2D eigenvalue weighted by atomic mass is 10.1. The Kier molecular flexibility index (Phi) is 5.67. The van der Waals surface area contributed by atoms with Crippen LogP contribution in [-0.4, -0.2) is 61.3 Å². The average Bonchev–Trinajstić information content (AvgIpc) is 3.20. The molecular weight excluding hydrogens is 382 g/mol. The van der Waals surface area contributed by atoms with Crippen molar-refractivity contribution >= 4 is 17.3 Å². The number of carbonyl (C=O) groups excluding carboxylic acids is 1. The summed E-state index contributed by atoms with van der Waals surface area (Å²) in [5, 5.41) is 6.88. The van der Waals surface area contributed by atoms with Crippen LogP contribution in [0.4, 0.5) is 11.4 Å². The summed E-state index contributed by atoms with van der Waals surface area (Å²) in [6.45, 7) is 5.56. The highest BCUT2D eigenvalue weighted by Crippen LogP contribution is 2.32. The van der Waals surface area contributed by atoms with Crippen LogP contribution in [0.15, 0.2) is 47.0 Å². The van der Waals surface area contributed by atoms with E-state index in [2.05, 4.69) is 32.3 Å². The van der Waals surface area contributed by atoms with E-state index in [0.29, 0.717) is 17.3 Å². The summed E-state index contributed by atoms with van der Waals surface area (Å²) in [6, 6.07) is 12.8. The van der Waals surface area contributed by atoms with Gasteiger partial charge in [0.05, 0.1) is 12.8 Å². The largest absolute Gasteiger partial charge is 0.495 e. The molecule has 2 heterocycles. The number of benzene rings is 2. The molecule has 0 atom stereocenters. The first-order valence-corrected chi connectivity index (χ1v) is 9.87. The van der Waals surface area contributed by atoms with Crippen LogP contribution in [0.25, 0.3) is 11.4 Å². The highest BCUT2D eigenvalue weighted by molar-refractivity contribution is 6.04. The summed E-state index contributed by atoms with van der Waals surface area (Å²) in [5.41, 5.74) is 3.07. The van der Waals surface area contributed by atoms with Gasteiger partial charge in [-0.15, -0.1) is 0 Å². The fourth-order valence-electron chi connectivity index (χ4n) is 3.45. The van der Waals surface area contributed by atoms with E-state index >= 15 is 0 Å². The zero-order valence-electron chi connectivity index (χ0n) is 17.4. The molecule has 30 heavy (non-hydrogen) atoms. The van der Waals surface area contributed by atoms with Gasteiger partial charge in [-0.2, -0.15) is 4.98 Å². The second-order valence-corrected chi connectivity index (χ2v) is 7.35. The molecule has 0 aliphatic carbocycles. The topological polar surface area (TPSA) is 83.7 Å². The minimum Gasteiger partial charge on any atom is -0.495 e. The summed E-state index contributed by atoms with van der Waals surface area (Å²) in [7, 11) is 3.79. The average molecular weight is 407 g/mol. The van der Waals surface area contributed by atoms with Gasteiger partial charge in [-0.1, -0.05) is 17.3 Å². The number of nitrogens with zero attached hydrogens (tertiary/aromatic N) is 4. The third-order valence-corrected chi connectivity index (χ3v) is 5.21. The summed E-state index contributed by atoms with van der Waals surface area (Å²) in [6.07, 6.45) is 0. The standard InChI is InChI=1S/C22H25N5O3/c1-15-23-21(25-30-15)16-4-6-17(7-5-16)22(28)24-18-8-9-20(29-3)19(14-18)27-12-10-26(2)11-13-27/h4-9,14H,10-13H2,1-3H3,(H,24,28). The Bertz CT molecular complexity index is 1020. The van der Waals surface area contributed by atoms with Crippen molar-refractivity contribution in [2.75, 3.05) is 50.6 Å². The summed E-state index contributed by atoms with van der Waals surface area (Å²) < 4.78 is 10.5. The number of amides is 1. The fourth-order valence-corrected chi connectivity index (χ4v) is 3.45. The van der Waals surface area contributed by atoms with Crippen molar-refractivity contribution in [3.05, 3.63) is 53.9 Å². The predicted octanol–water partition coefficient (Wildman–Crippen LogP) is 3.06. The van der Waals surface area contributed by atoms with Gasteiger partial charge in [-0.3, -0.25) is 4.79 Å². The monoisotopic (exact) mass is 407 g/mol. The fraction of sp³-hybridized carbons (Fsp3) is 0.318. The number of hydrogen-bond acceptors (Lipinski definition) is 7. The minimum atomic E-state index is -0.180. The number of anilines is 2. The molecule has 156 valence electrons. The smallest absolute Gasteiger partial charge is 0.255 e. The SMILES string of the molecule is COc1ccc(NC(=O)c2ccc(-c3noc(C)n3)cc2)cc1N1CCN(C)CC1. The Morgan fingerprint density at radius 3 is 2.47 bits per heavy atom. The second-order valence-electron chi connectivity index (χ2n) is 7.35. The van der Waals surface area contributed by atoms with E-state index in [1.807, 2.05) is 30.3 Å². The van der Waals surface area contributed by atoms with Gasteiger partial charge in [-0.05, 0) is 37.4 Å². The molecule has 3 aromatic rings. The normalized spacial score (nSPS) is 14.6. The van der Waals surface area contributed by atoms with E-state index < -0.39 is 0 Å². The molecule has 1 fully saturated rings. The number of hydrogen-bond donors (Lipinski definition) is 1. The second kappa shape index (κ2) is 8.54. The lowest BCUT2D eigenvalue weighted by Crippen LogP contribution is -2.44. The van der Waals surface area contributed by atoms with Gasteiger partial charge in [-0.25, -0.2) is 0 Å². The van der Waals surface area contributed by atoms with Crippen LogP contribution >= 0.6 is 0 Å². The Balaban J connectivity index is 1.49. The molecule has 2 aromatic carbocycles. The molecule has 1 aromatic heterocycles. The van der Waals surface area contributed by atoms with Gasteiger partial charge in [0.2, 0.25) is 11.7 Å². The summed E-state index contributed by atoms with van der Waals surface area (Å²) >= 11 is 0. The van der Waals surface area contributed by atoms with Crippen molar-refractivity contribution in [1.29, 1.82) is 0 Å². The molecule has 1 saturated heterocycles.